The second-order valence-electron chi connectivity index (χ2n) is 8.60. The summed E-state index contributed by atoms with van der Waals surface area (Å²) in [5, 5.41) is 44.7. The maximum atomic E-state index is 12.8. The largest absolute Gasteiger partial charge is 0.480 e. The summed E-state index contributed by atoms with van der Waals surface area (Å²) in [6.45, 7) is 1.16. The van der Waals surface area contributed by atoms with E-state index in [0.29, 0.717) is 6.42 Å². The molecule has 0 saturated heterocycles. The summed E-state index contributed by atoms with van der Waals surface area (Å²) in [5.41, 5.74) is 10.6. The number of nitrogens with one attached hydrogen (secondary N) is 3. The van der Waals surface area contributed by atoms with Crippen molar-refractivity contribution in [3.05, 3.63) is 0 Å². The zero-order valence-electron chi connectivity index (χ0n) is 21.6. The molecule has 0 aromatic heterocycles. The quantitative estimate of drug-likeness (QED) is 0.0629. The minimum atomic E-state index is -2.04. The number of carboxylic acid groups (broad SMARTS) is 1. The fourth-order valence-corrected chi connectivity index (χ4v) is 3.25. The topological polar surface area (TPSA) is 298 Å². The van der Waals surface area contributed by atoms with Gasteiger partial charge >= 0.3 is 5.97 Å². The SMILES string of the molecule is CCCC(=O)N[C@@H](C=O)[C@@H](OC(C(N)=O)C(C)C(=O)NC(CCC(=O)NCC(=O)O)C(N)=O)[C@H](O)[C@H](O)CO. The first-order chi connectivity index (χ1) is 18.2. The Morgan fingerprint density at radius 2 is 1.59 bits per heavy atom. The molecule has 0 aromatic carbocycles. The van der Waals surface area contributed by atoms with Gasteiger partial charge in [-0.05, 0) is 12.8 Å². The summed E-state index contributed by atoms with van der Waals surface area (Å²) < 4.78 is 5.47. The molecule has 0 aliphatic carbocycles. The summed E-state index contributed by atoms with van der Waals surface area (Å²) in [6.07, 6.45) is -7.86. The monoisotopic (exact) mass is 563 g/mol. The van der Waals surface area contributed by atoms with E-state index >= 15 is 0 Å². The molecule has 11 N–H and O–H groups in total. The number of aliphatic hydroxyl groups excluding tert-OH is 3. The zero-order chi connectivity index (χ0) is 30.3. The number of hydrogen-bond acceptors (Lipinski definition) is 11. The molecule has 0 aliphatic rings. The number of primary amides is 2. The molecule has 3 unspecified atom stereocenters. The average Bonchev–Trinajstić information content (AvgIpc) is 2.87. The van der Waals surface area contributed by atoms with Crippen LogP contribution in [0.15, 0.2) is 0 Å². The number of ether oxygens (including phenoxy) is 1. The number of aldehydes is 1. The predicted molar refractivity (Wildman–Crippen MR) is 130 cm³/mol. The van der Waals surface area contributed by atoms with Gasteiger partial charge in [-0.25, -0.2) is 0 Å². The van der Waals surface area contributed by atoms with Crippen LogP contribution in [0.25, 0.3) is 0 Å². The van der Waals surface area contributed by atoms with Crippen molar-refractivity contribution < 1.29 is 58.7 Å². The second-order valence-corrected chi connectivity index (χ2v) is 8.60. The van der Waals surface area contributed by atoms with E-state index in [9.17, 15) is 48.9 Å². The van der Waals surface area contributed by atoms with Crippen LogP contribution in [0.3, 0.4) is 0 Å². The van der Waals surface area contributed by atoms with E-state index in [1.54, 1.807) is 6.92 Å². The van der Waals surface area contributed by atoms with Gasteiger partial charge in [0.25, 0.3) is 0 Å². The Morgan fingerprint density at radius 1 is 0.974 bits per heavy atom. The van der Waals surface area contributed by atoms with Crippen LogP contribution < -0.4 is 27.4 Å². The summed E-state index contributed by atoms with van der Waals surface area (Å²) in [7, 11) is 0. The van der Waals surface area contributed by atoms with E-state index in [-0.39, 0.29) is 19.1 Å². The first-order valence-corrected chi connectivity index (χ1v) is 11.9. The number of carbonyl (C=O) groups is 7. The fourth-order valence-electron chi connectivity index (χ4n) is 3.25. The van der Waals surface area contributed by atoms with Crippen molar-refractivity contribution in [2.24, 2.45) is 17.4 Å². The molecule has 0 fully saturated rings. The summed E-state index contributed by atoms with van der Waals surface area (Å²) in [6, 6.07) is -3.07. The standard InChI is InChI=1S/C22H37N5O12/c1-3-4-15(32)26-12(8-28)19(17(35)13(30)9-29)39-18(21(24)37)10(2)22(38)27-11(20(23)36)5-6-14(31)25-7-16(33)34/h8,10-13,17-19,29-30,35H,3-7,9H2,1-2H3,(H2,23,36)(H2,24,37)(H,25,31)(H,26,32)(H,27,38)(H,33,34)/t10?,11?,12-,13+,17+,18?,19+/m0/s1. The van der Waals surface area contributed by atoms with E-state index < -0.39 is 97.5 Å². The van der Waals surface area contributed by atoms with Gasteiger partial charge in [0.2, 0.25) is 29.5 Å². The number of rotatable bonds is 20. The number of amides is 5. The second kappa shape index (κ2) is 17.8. The van der Waals surface area contributed by atoms with Crippen molar-refractivity contribution in [3.63, 3.8) is 0 Å². The van der Waals surface area contributed by atoms with Crippen LogP contribution in [0.5, 0.6) is 0 Å². The average molecular weight is 564 g/mol. The third kappa shape index (κ3) is 12.6. The van der Waals surface area contributed by atoms with Crippen LogP contribution in [0.2, 0.25) is 0 Å². The van der Waals surface area contributed by atoms with Crippen molar-refractivity contribution in [1.82, 2.24) is 16.0 Å². The van der Waals surface area contributed by atoms with Gasteiger partial charge in [-0.1, -0.05) is 13.8 Å². The lowest BCUT2D eigenvalue weighted by Crippen LogP contribution is -2.58. The van der Waals surface area contributed by atoms with Crippen molar-refractivity contribution in [2.75, 3.05) is 13.2 Å². The van der Waals surface area contributed by atoms with Crippen LogP contribution in [-0.2, 0) is 38.3 Å². The molecule has 7 atom stereocenters. The molecule has 222 valence electrons. The van der Waals surface area contributed by atoms with E-state index in [1.807, 2.05) is 0 Å². The lowest BCUT2D eigenvalue weighted by molar-refractivity contribution is -0.167. The Morgan fingerprint density at radius 3 is 2.05 bits per heavy atom. The lowest BCUT2D eigenvalue weighted by atomic mass is 9.98. The van der Waals surface area contributed by atoms with Gasteiger partial charge in [0.1, 0.15) is 49.3 Å². The van der Waals surface area contributed by atoms with Gasteiger partial charge in [0.15, 0.2) is 0 Å². The molecule has 39 heavy (non-hydrogen) atoms. The summed E-state index contributed by atoms with van der Waals surface area (Å²) in [4.78, 5) is 82.8. The van der Waals surface area contributed by atoms with Crippen LogP contribution in [0.1, 0.15) is 39.5 Å². The molecule has 0 rings (SSSR count). The van der Waals surface area contributed by atoms with Gasteiger partial charge in [-0.15, -0.1) is 0 Å². The third-order valence-electron chi connectivity index (χ3n) is 5.43. The summed E-state index contributed by atoms with van der Waals surface area (Å²) >= 11 is 0. The molecule has 17 nitrogen and oxygen atoms in total. The van der Waals surface area contributed by atoms with Crippen molar-refractivity contribution in [1.29, 1.82) is 0 Å². The van der Waals surface area contributed by atoms with E-state index in [0.717, 1.165) is 6.92 Å². The fraction of sp³-hybridized carbons (Fsp3) is 0.682. The molecule has 0 radical (unpaired) electrons. The molecule has 0 saturated carbocycles. The molecule has 0 bridgehead atoms. The van der Waals surface area contributed by atoms with Gasteiger partial charge in [-0.3, -0.25) is 28.8 Å². The van der Waals surface area contributed by atoms with Gasteiger partial charge in [-0.2, -0.15) is 0 Å². The smallest absolute Gasteiger partial charge is 0.322 e. The summed E-state index contributed by atoms with van der Waals surface area (Å²) in [5.74, 6) is -7.53. The van der Waals surface area contributed by atoms with E-state index in [1.165, 1.54) is 0 Å². The molecule has 0 spiro atoms. The van der Waals surface area contributed by atoms with Gasteiger partial charge in [0, 0.05) is 12.8 Å². The molecular weight excluding hydrogens is 526 g/mol. The number of carbonyl (C=O) groups excluding carboxylic acids is 6. The van der Waals surface area contributed by atoms with Crippen molar-refractivity contribution in [2.45, 2.75) is 76.0 Å². The van der Waals surface area contributed by atoms with E-state index in [2.05, 4.69) is 16.0 Å². The highest BCUT2D eigenvalue weighted by molar-refractivity contribution is 5.92. The Kier molecular flexibility index (Phi) is 16.1. The first-order valence-electron chi connectivity index (χ1n) is 11.9. The molecular formula is C22H37N5O12. The molecule has 5 amide bonds. The number of aliphatic hydroxyl groups is 3. The lowest BCUT2D eigenvalue weighted by Gasteiger charge is -2.34. The molecule has 0 aromatic rings. The Bertz CT molecular complexity index is 885. The first kappa shape index (κ1) is 35.3. The van der Waals surface area contributed by atoms with E-state index in [4.69, 9.17) is 21.3 Å². The van der Waals surface area contributed by atoms with Crippen molar-refractivity contribution in [3.8, 4) is 0 Å². The van der Waals surface area contributed by atoms with Crippen LogP contribution in [-0.4, -0.2) is 112 Å². The third-order valence-corrected chi connectivity index (χ3v) is 5.43. The highest BCUT2D eigenvalue weighted by Gasteiger charge is 2.41. The maximum Gasteiger partial charge on any atom is 0.322 e. The van der Waals surface area contributed by atoms with Crippen molar-refractivity contribution >= 4 is 41.8 Å². The maximum absolute atomic E-state index is 12.8. The number of carboxylic acids is 1. The Labute approximate surface area is 223 Å². The zero-order valence-corrected chi connectivity index (χ0v) is 21.6. The Hall–Kier alpha value is -3.67. The van der Waals surface area contributed by atoms with Crippen LogP contribution in [0.4, 0.5) is 0 Å². The number of nitrogens with two attached hydrogens (primary N) is 2. The normalized spacial score (nSPS) is 16.3. The predicted octanol–water partition coefficient (Wildman–Crippen LogP) is -4.99. The minimum Gasteiger partial charge on any atom is -0.480 e. The number of hydrogen-bond donors (Lipinski definition) is 9. The van der Waals surface area contributed by atoms with Crippen LogP contribution >= 0.6 is 0 Å². The Balaban J connectivity index is 5.78. The number of aliphatic carboxylic acids is 1. The van der Waals surface area contributed by atoms with Gasteiger partial charge < -0.3 is 57.4 Å². The molecule has 17 heteroatoms. The van der Waals surface area contributed by atoms with Crippen LogP contribution in [0, 0.1) is 5.92 Å². The highest BCUT2D eigenvalue weighted by Crippen LogP contribution is 2.18. The van der Waals surface area contributed by atoms with Gasteiger partial charge in [0.05, 0.1) is 12.5 Å². The molecule has 0 heterocycles. The minimum absolute atomic E-state index is 0.0173. The molecule has 0 aliphatic heterocycles. The highest BCUT2D eigenvalue weighted by atomic mass is 16.5.